The summed E-state index contributed by atoms with van der Waals surface area (Å²) >= 11 is 0. The molecule has 0 aromatic heterocycles. The van der Waals surface area contributed by atoms with Crippen LogP contribution in [0.25, 0.3) is 0 Å². The molecule has 1 heterocycles. The summed E-state index contributed by atoms with van der Waals surface area (Å²) in [5.41, 5.74) is 1.26. The third kappa shape index (κ3) is 1.16. The van der Waals surface area contributed by atoms with Gasteiger partial charge in [0.15, 0.2) is 6.29 Å². The Labute approximate surface area is 76.0 Å². The van der Waals surface area contributed by atoms with Gasteiger partial charge in [-0.05, 0) is 18.6 Å². The Bertz CT molecular complexity index is 357. The normalized spacial score (nSPS) is 19.3. The van der Waals surface area contributed by atoms with Crippen LogP contribution < -0.4 is 4.74 Å². The van der Waals surface area contributed by atoms with Crippen LogP contribution >= 0.6 is 0 Å². The number of benzene rings is 1. The van der Waals surface area contributed by atoms with Crippen molar-refractivity contribution in [3.63, 3.8) is 0 Å². The summed E-state index contributed by atoms with van der Waals surface area (Å²) in [6, 6.07) is 3.32. The summed E-state index contributed by atoms with van der Waals surface area (Å²) in [6.45, 7) is 1.94. The first-order valence-electron chi connectivity index (χ1n) is 4.19. The average molecular weight is 178 g/mol. The highest BCUT2D eigenvalue weighted by Gasteiger charge is 2.23. The molecule has 1 aromatic carbocycles. The Morgan fingerprint density at radius 1 is 1.62 bits per heavy atom. The lowest BCUT2D eigenvalue weighted by atomic mass is 10.1. The minimum absolute atomic E-state index is 0.0112. The van der Waals surface area contributed by atoms with E-state index in [4.69, 9.17) is 4.74 Å². The first kappa shape index (κ1) is 8.10. The molecule has 1 aromatic rings. The number of hydrogen-bond donors (Lipinski definition) is 1. The Morgan fingerprint density at radius 3 is 3.08 bits per heavy atom. The summed E-state index contributed by atoms with van der Waals surface area (Å²) in [7, 11) is 0. The van der Waals surface area contributed by atoms with Crippen LogP contribution in [0.2, 0.25) is 0 Å². The fourth-order valence-electron chi connectivity index (χ4n) is 1.60. The molecule has 0 amide bonds. The molecule has 1 atom stereocenters. The van der Waals surface area contributed by atoms with Crippen molar-refractivity contribution < 1.29 is 14.6 Å². The number of ether oxygens (including phenoxy) is 1. The zero-order chi connectivity index (χ0) is 9.42. The Hall–Kier alpha value is -1.51. The van der Waals surface area contributed by atoms with Crippen molar-refractivity contribution in [2.75, 3.05) is 0 Å². The van der Waals surface area contributed by atoms with Crippen LogP contribution in [-0.2, 0) is 6.42 Å². The molecule has 0 aliphatic carbocycles. The second-order valence-electron chi connectivity index (χ2n) is 3.24. The molecule has 1 aliphatic rings. The highest BCUT2D eigenvalue weighted by Crippen LogP contribution is 2.36. The molecule has 0 spiro atoms. The number of carbonyl (C=O) groups is 1. The molecule has 0 fully saturated rings. The molecule has 13 heavy (non-hydrogen) atoms. The topological polar surface area (TPSA) is 46.5 Å². The Kier molecular flexibility index (Phi) is 1.72. The fourth-order valence-corrected chi connectivity index (χ4v) is 1.60. The van der Waals surface area contributed by atoms with E-state index in [2.05, 4.69) is 0 Å². The molecule has 0 saturated carbocycles. The number of aldehydes is 1. The molecule has 0 bridgehead atoms. The van der Waals surface area contributed by atoms with Crippen molar-refractivity contribution in [3.05, 3.63) is 23.3 Å². The van der Waals surface area contributed by atoms with Crippen molar-refractivity contribution in [2.24, 2.45) is 0 Å². The molecular formula is C10H10O3. The first-order valence-corrected chi connectivity index (χ1v) is 4.19. The highest BCUT2D eigenvalue weighted by atomic mass is 16.5. The van der Waals surface area contributed by atoms with Crippen LogP contribution in [0.4, 0.5) is 0 Å². The van der Waals surface area contributed by atoms with Gasteiger partial charge < -0.3 is 9.84 Å². The van der Waals surface area contributed by atoms with Gasteiger partial charge in [-0.2, -0.15) is 0 Å². The van der Waals surface area contributed by atoms with Crippen LogP contribution in [0.3, 0.4) is 0 Å². The van der Waals surface area contributed by atoms with Crippen molar-refractivity contribution >= 4 is 6.29 Å². The molecule has 1 unspecified atom stereocenters. The molecule has 0 saturated heterocycles. The van der Waals surface area contributed by atoms with Crippen molar-refractivity contribution in [1.29, 1.82) is 0 Å². The fraction of sp³-hybridized carbons (Fsp3) is 0.300. The minimum atomic E-state index is -0.0112. The van der Waals surface area contributed by atoms with Crippen LogP contribution in [0.1, 0.15) is 22.8 Å². The maximum absolute atomic E-state index is 10.7. The number of phenolic OH excluding ortho intramolecular Hbond substituents is 1. The van der Waals surface area contributed by atoms with E-state index in [-0.39, 0.29) is 17.4 Å². The molecule has 3 nitrogen and oxygen atoms in total. The van der Waals surface area contributed by atoms with E-state index in [1.54, 1.807) is 6.07 Å². The number of phenols is 1. The zero-order valence-electron chi connectivity index (χ0n) is 7.28. The zero-order valence-corrected chi connectivity index (χ0v) is 7.28. The Balaban J connectivity index is 2.58. The quantitative estimate of drug-likeness (QED) is 0.663. The molecule has 1 aliphatic heterocycles. The summed E-state index contributed by atoms with van der Waals surface area (Å²) in [5, 5.41) is 9.35. The molecule has 3 heteroatoms. The SMILES string of the molecule is CC1Cc2ccc(O)c(C=O)c2O1. The van der Waals surface area contributed by atoms with E-state index >= 15 is 0 Å². The first-order chi connectivity index (χ1) is 6.22. The standard InChI is InChI=1S/C10H10O3/c1-6-4-7-2-3-9(12)8(5-11)10(7)13-6/h2-3,5-6,12H,4H2,1H3. The number of carbonyl (C=O) groups excluding carboxylic acids is 1. The highest BCUT2D eigenvalue weighted by molar-refractivity contribution is 5.84. The number of hydrogen-bond acceptors (Lipinski definition) is 3. The molecule has 2 rings (SSSR count). The van der Waals surface area contributed by atoms with E-state index in [9.17, 15) is 9.90 Å². The van der Waals surface area contributed by atoms with E-state index in [0.29, 0.717) is 12.0 Å². The lowest BCUT2D eigenvalue weighted by Gasteiger charge is -2.05. The van der Waals surface area contributed by atoms with Crippen LogP contribution in [0, 0.1) is 0 Å². The lowest BCUT2D eigenvalue weighted by Crippen LogP contribution is -2.05. The van der Waals surface area contributed by atoms with Gasteiger partial charge in [0.05, 0.1) is 5.56 Å². The summed E-state index contributed by atoms with van der Waals surface area (Å²) in [6.07, 6.45) is 1.53. The van der Waals surface area contributed by atoms with E-state index in [1.807, 2.05) is 6.92 Å². The van der Waals surface area contributed by atoms with Gasteiger partial charge in [-0.1, -0.05) is 6.07 Å². The maximum atomic E-state index is 10.7. The summed E-state index contributed by atoms with van der Waals surface area (Å²) in [5.74, 6) is 0.533. The molecular weight excluding hydrogens is 168 g/mol. The van der Waals surface area contributed by atoms with Crippen molar-refractivity contribution in [3.8, 4) is 11.5 Å². The second kappa shape index (κ2) is 2.76. The average Bonchev–Trinajstić information content (AvgIpc) is 2.45. The van der Waals surface area contributed by atoms with E-state index < -0.39 is 0 Å². The van der Waals surface area contributed by atoms with Gasteiger partial charge in [-0.25, -0.2) is 0 Å². The van der Waals surface area contributed by atoms with Crippen LogP contribution in [-0.4, -0.2) is 17.5 Å². The number of fused-ring (bicyclic) bond motifs is 1. The number of rotatable bonds is 1. The predicted molar refractivity (Wildman–Crippen MR) is 47.3 cm³/mol. The molecule has 1 N–H and O–H groups in total. The summed E-state index contributed by atoms with van der Waals surface area (Å²) in [4.78, 5) is 10.7. The van der Waals surface area contributed by atoms with Gasteiger partial charge in [-0.3, -0.25) is 4.79 Å². The third-order valence-electron chi connectivity index (χ3n) is 2.20. The molecule has 68 valence electrons. The van der Waals surface area contributed by atoms with Gasteiger partial charge in [0.25, 0.3) is 0 Å². The third-order valence-corrected chi connectivity index (χ3v) is 2.20. The largest absolute Gasteiger partial charge is 0.507 e. The van der Waals surface area contributed by atoms with Crippen molar-refractivity contribution in [2.45, 2.75) is 19.4 Å². The lowest BCUT2D eigenvalue weighted by molar-refractivity contribution is 0.111. The van der Waals surface area contributed by atoms with Crippen LogP contribution in [0.5, 0.6) is 11.5 Å². The van der Waals surface area contributed by atoms with Gasteiger partial charge in [0.2, 0.25) is 0 Å². The van der Waals surface area contributed by atoms with Crippen molar-refractivity contribution in [1.82, 2.24) is 0 Å². The monoisotopic (exact) mass is 178 g/mol. The number of aromatic hydroxyl groups is 1. The smallest absolute Gasteiger partial charge is 0.157 e. The summed E-state index contributed by atoms with van der Waals surface area (Å²) < 4.78 is 5.42. The van der Waals surface area contributed by atoms with Crippen LogP contribution in [0.15, 0.2) is 12.1 Å². The minimum Gasteiger partial charge on any atom is -0.507 e. The molecule has 0 radical (unpaired) electrons. The van der Waals surface area contributed by atoms with Gasteiger partial charge in [-0.15, -0.1) is 0 Å². The predicted octanol–water partition coefficient (Wildman–Crippen LogP) is 1.53. The Morgan fingerprint density at radius 2 is 2.38 bits per heavy atom. The maximum Gasteiger partial charge on any atom is 0.157 e. The van der Waals surface area contributed by atoms with E-state index in [1.165, 1.54) is 6.07 Å². The van der Waals surface area contributed by atoms with Gasteiger partial charge >= 0.3 is 0 Å². The van der Waals surface area contributed by atoms with Gasteiger partial charge in [0, 0.05) is 6.42 Å². The second-order valence-corrected chi connectivity index (χ2v) is 3.24. The van der Waals surface area contributed by atoms with Gasteiger partial charge in [0.1, 0.15) is 17.6 Å². The van der Waals surface area contributed by atoms with E-state index in [0.717, 1.165) is 12.0 Å².